The summed E-state index contributed by atoms with van der Waals surface area (Å²) in [6, 6.07) is 6.83. The van der Waals surface area contributed by atoms with Gasteiger partial charge in [-0.1, -0.05) is 23.2 Å². The Bertz CT molecular complexity index is 525. The molecule has 0 atom stereocenters. The van der Waals surface area contributed by atoms with E-state index in [4.69, 9.17) is 23.2 Å². The number of rotatable bonds is 3. The van der Waals surface area contributed by atoms with Crippen LogP contribution in [0.3, 0.4) is 0 Å². The molecule has 0 unspecified atom stereocenters. The summed E-state index contributed by atoms with van der Waals surface area (Å²) >= 11 is 11.7. The van der Waals surface area contributed by atoms with Crippen molar-refractivity contribution in [1.29, 1.82) is 0 Å². The molecule has 16 heavy (non-hydrogen) atoms. The van der Waals surface area contributed by atoms with Crippen molar-refractivity contribution in [2.75, 3.05) is 0 Å². The van der Waals surface area contributed by atoms with Gasteiger partial charge in [-0.3, -0.25) is 9.89 Å². The van der Waals surface area contributed by atoms with Gasteiger partial charge >= 0.3 is 0 Å². The summed E-state index contributed by atoms with van der Waals surface area (Å²) < 4.78 is 0. The zero-order valence-electron chi connectivity index (χ0n) is 8.26. The Morgan fingerprint density at radius 1 is 1.06 bits per heavy atom. The van der Waals surface area contributed by atoms with Gasteiger partial charge in [0.2, 0.25) is 0 Å². The number of halogens is 2. The van der Waals surface area contributed by atoms with Crippen LogP contribution in [-0.2, 0) is 6.42 Å². The lowest BCUT2D eigenvalue weighted by atomic mass is 10.1. The first-order chi connectivity index (χ1) is 7.63. The number of nitrogens with one attached hydrogen (secondary N) is 2. The number of benzene rings is 1. The second kappa shape index (κ2) is 4.68. The van der Waals surface area contributed by atoms with Crippen LogP contribution in [0.1, 0.15) is 11.3 Å². The third-order valence-electron chi connectivity index (χ3n) is 2.09. The molecule has 2 rings (SSSR count). The van der Waals surface area contributed by atoms with Crippen molar-refractivity contribution < 1.29 is 0 Å². The molecule has 0 fully saturated rings. The lowest BCUT2D eigenvalue weighted by Crippen LogP contribution is -1.93. The Labute approximate surface area is 102 Å². The molecule has 0 radical (unpaired) electrons. The minimum Gasteiger partial charge on any atom is -0.301 e. The molecule has 0 aliphatic rings. The van der Waals surface area contributed by atoms with E-state index in [9.17, 15) is 4.79 Å². The molecule has 2 aromatic rings. The van der Waals surface area contributed by atoms with Gasteiger partial charge < -0.3 is 5.10 Å². The third kappa shape index (κ3) is 2.84. The third-order valence-corrected chi connectivity index (χ3v) is 2.53. The highest BCUT2D eigenvalue weighted by Gasteiger charge is 2.08. The highest BCUT2D eigenvalue weighted by atomic mass is 35.5. The second-order valence-corrected chi connectivity index (χ2v) is 4.27. The Morgan fingerprint density at radius 3 is 2.31 bits per heavy atom. The zero-order chi connectivity index (χ0) is 11.5. The summed E-state index contributed by atoms with van der Waals surface area (Å²) in [6.07, 6.45) is 2.56. The molecule has 0 aliphatic heterocycles. The maximum atomic E-state index is 10.9. The van der Waals surface area contributed by atoms with Gasteiger partial charge in [0.05, 0.1) is 34.3 Å². The number of hydrogen-bond acceptors (Lipinski definition) is 1. The minimum absolute atomic E-state index is 0.132. The molecular formula is C11H9Cl2N2O+. The lowest BCUT2D eigenvalue weighted by Gasteiger charge is -1.94. The highest BCUT2D eigenvalue weighted by Crippen LogP contribution is 2.20. The summed E-state index contributed by atoms with van der Waals surface area (Å²) in [7, 11) is 0. The SMILES string of the molecule is O=c1cc(C[CH+]c2cc(Cl)cc(Cl)c2)[nH][nH]1. The van der Waals surface area contributed by atoms with Gasteiger partial charge in [-0.15, -0.1) is 0 Å². The second-order valence-electron chi connectivity index (χ2n) is 3.39. The smallest absolute Gasteiger partial charge is 0.264 e. The van der Waals surface area contributed by atoms with Crippen molar-refractivity contribution in [2.45, 2.75) is 6.42 Å². The predicted octanol–water partition coefficient (Wildman–Crippen LogP) is 2.80. The van der Waals surface area contributed by atoms with Gasteiger partial charge in [0.1, 0.15) is 5.56 Å². The van der Waals surface area contributed by atoms with E-state index in [0.717, 1.165) is 11.3 Å². The van der Waals surface area contributed by atoms with Crippen molar-refractivity contribution in [3.05, 3.63) is 62.3 Å². The first-order valence-electron chi connectivity index (χ1n) is 4.69. The average molecular weight is 256 g/mol. The molecule has 1 heterocycles. The fraction of sp³-hybridized carbons (Fsp3) is 0.0909. The average Bonchev–Trinajstić information content (AvgIpc) is 2.60. The first-order valence-corrected chi connectivity index (χ1v) is 5.45. The van der Waals surface area contributed by atoms with E-state index in [2.05, 4.69) is 10.2 Å². The van der Waals surface area contributed by atoms with Crippen molar-refractivity contribution in [3.63, 3.8) is 0 Å². The first kappa shape index (κ1) is 11.2. The number of aromatic nitrogens is 2. The molecule has 2 N–H and O–H groups in total. The number of H-pyrrole nitrogens is 2. The topological polar surface area (TPSA) is 48.6 Å². The monoisotopic (exact) mass is 255 g/mol. The van der Waals surface area contributed by atoms with Crippen molar-refractivity contribution >= 4 is 23.2 Å². The molecule has 0 amide bonds. The van der Waals surface area contributed by atoms with E-state index >= 15 is 0 Å². The van der Waals surface area contributed by atoms with Crippen LogP contribution in [0.15, 0.2) is 29.1 Å². The summed E-state index contributed by atoms with van der Waals surface area (Å²) in [5.41, 5.74) is 1.62. The Kier molecular flexibility index (Phi) is 3.27. The number of aromatic amines is 2. The van der Waals surface area contributed by atoms with Crippen LogP contribution < -0.4 is 5.56 Å². The molecule has 0 spiro atoms. The number of hydrogen-bond donors (Lipinski definition) is 2. The summed E-state index contributed by atoms with van der Waals surface area (Å²) in [5, 5.41) is 6.44. The van der Waals surface area contributed by atoms with Gasteiger partial charge in [0, 0.05) is 18.6 Å². The molecule has 0 bridgehead atoms. The summed E-state index contributed by atoms with van der Waals surface area (Å²) in [6.45, 7) is 0. The van der Waals surface area contributed by atoms with Crippen LogP contribution in [0.25, 0.3) is 0 Å². The molecule has 1 aromatic carbocycles. The van der Waals surface area contributed by atoms with Crippen LogP contribution in [0, 0.1) is 6.42 Å². The van der Waals surface area contributed by atoms with Crippen molar-refractivity contribution in [1.82, 2.24) is 10.2 Å². The van der Waals surface area contributed by atoms with E-state index in [1.165, 1.54) is 6.07 Å². The fourth-order valence-corrected chi connectivity index (χ4v) is 1.95. The minimum atomic E-state index is -0.132. The van der Waals surface area contributed by atoms with Crippen LogP contribution in [-0.4, -0.2) is 10.2 Å². The van der Waals surface area contributed by atoms with Gasteiger partial charge in [-0.05, 0) is 0 Å². The normalized spacial score (nSPS) is 10.4. The zero-order valence-corrected chi connectivity index (χ0v) is 9.77. The summed E-state index contributed by atoms with van der Waals surface area (Å²) in [4.78, 5) is 10.9. The van der Waals surface area contributed by atoms with Gasteiger partial charge in [0.15, 0.2) is 0 Å². The van der Waals surface area contributed by atoms with Crippen LogP contribution in [0.2, 0.25) is 10.0 Å². The van der Waals surface area contributed by atoms with Crippen molar-refractivity contribution in [2.24, 2.45) is 0 Å². The van der Waals surface area contributed by atoms with Crippen LogP contribution in [0.4, 0.5) is 0 Å². The molecule has 1 aromatic heterocycles. The molecule has 82 valence electrons. The van der Waals surface area contributed by atoms with Crippen LogP contribution >= 0.6 is 23.2 Å². The quantitative estimate of drug-likeness (QED) is 0.815. The predicted molar refractivity (Wildman–Crippen MR) is 65.0 cm³/mol. The van der Waals surface area contributed by atoms with E-state index < -0.39 is 0 Å². The maximum Gasteiger partial charge on any atom is 0.264 e. The lowest BCUT2D eigenvalue weighted by molar-refractivity contribution is 0.977. The van der Waals surface area contributed by atoms with E-state index in [0.29, 0.717) is 16.5 Å². The molecular weight excluding hydrogens is 247 g/mol. The largest absolute Gasteiger partial charge is 0.301 e. The standard InChI is InChI=1S/C11H8Cl2N2O/c12-8-3-7(4-9(13)5-8)1-2-10-6-11(16)15-14-10/h1,3-6H,2H2,(H-,14,15,16)/p+1. The molecule has 5 heteroatoms. The van der Waals surface area contributed by atoms with Gasteiger partial charge in [-0.25, -0.2) is 0 Å². The molecule has 3 nitrogen and oxygen atoms in total. The van der Waals surface area contributed by atoms with Crippen molar-refractivity contribution in [3.8, 4) is 0 Å². The maximum absolute atomic E-state index is 10.9. The molecule has 0 saturated carbocycles. The van der Waals surface area contributed by atoms with Gasteiger partial charge in [-0.2, -0.15) is 0 Å². The van der Waals surface area contributed by atoms with Gasteiger partial charge in [0.25, 0.3) is 5.56 Å². The Hall–Kier alpha value is -1.32. The fourth-order valence-electron chi connectivity index (χ4n) is 1.40. The Morgan fingerprint density at radius 2 is 1.75 bits per heavy atom. The molecule has 0 saturated heterocycles. The molecule has 0 aliphatic carbocycles. The summed E-state index contributed by atoms with van der Waals surface area (Å²) in [5.74, 6) is 0. The Balaban J connectivity index is 2.07. The van der Waals surface area contributed by atoms with E-state index in [1.807, 2.05) is 18.6 Å². The highest BCUT2D eigenvalue weighted by molar-refractivity contribution is 6.34. The van der Waals surface area contributed by atoms with E-state index in [1.54, 1.807) is 6.07 Å². The van der Waals surface area contributed by atoms with Crippen LogP contribution in [0.5, 0.6) is 0 Å². The van der Waals surface area contributed by atoms with E-state index in [-0.39, 0.29) is 5.56 Å².